The molecule has 0 radical (unpaired) electrons. The van der Waals surface area contributed by atoms with Crippen LogP contribution in [0.4, 0.5) is 0 Å². The number of ketones is 1. The number of aliphatic hydroxyl groups is 1. The maximum Gasteiger partial charge on any atom is 0.159 e. The van der Waals surface area contributed by atoms with Crippen molar-refractivity contribution in [3.8, 4) is 0 Å². The maximum atomic E-state index is 11.2. The summed E-state index contributed by atoms with van der Waals surface area (Å²) in [6.45, 7) is 1.58. The van der Waals surface area contributed by atoms with Crippen LogP contribution in [0.3, 0.4) is 0 Å². The van der Waals surface area contributed by atoms with E-state index in [1.165, 1.54) is 6.42 Å². The Morgan fingerprint density at radius 3 is 2.39 bits per heavy atom. The largest absolute Gasteiger partial charge is 0.389 e. The van der Waals surface area contributed by atoms with Gasteiger partial charge in [-0.05, 0) is 31.9 Å². The summed E-state index contributed by atoms with van der Waals surface area (Å²) in [7, 11) is 0. The van der Waals surface area contributed by atoms with Gasteiger partial charge in [0.2, 0.25) is 0 Å². The minimum Gasteiger partial charge on any atom is -0.389 e. The molecule has 18 heavy (non-hydrogen) atoms. The van der Waals surface area contributed by atoms with Gasteiger partial charge in [0.05, 0.1) is 5.60 Å². The lowest BCUT2D eigenvalue weighted by molar-refractivity contribution is 0.0273. The zero-order valence-corrected chi connectivity index (χ0v) is 11.6. The number of thioether (sulfide) groups is 1. The molecule has 1 aliphatic carbocycles. The Morgan fingerprint density at radius 2 is 1.83 bits per heavy atom. The third kappa shape index (κ3) is 3.59. The van der Waals surface area contributed by atoms with E-state index in [2.05, 4.69) is 0 Å². The van der Waals surface area contributed by atoms with E-state index in [4.69, 9.17) is 0 Å². The fourth-order valence-electron chi connectivity index (χ4n) is 2.36. The van der Waals surface area contributed by atoms with Crippen molar-refractivity contribution >= 4 is 17.5 Å². The first kappa shape index (κ1) is 13.6. The van der Waals surface area contributed by atoms with Crippen LogP contribution in [0, 0.1) is 0 Å². The van der Waals surface area contributed by atoms with Crippen molar-refractivity contribution in [1.82, 2.24) is 0 Å². The molecule has 0 unspecified atom stereocenters. The minimum absolute atomic E-state index is 0.0949. The van der Waals surface area contributed by atoms with Gasteiger partial charge in [-0.2, -0.15) is 0 Å². The molecule has 1 N–H and O–H groups in total. The molecule has 0 atom stereocenters. The molecule has 1 aromatic carbocycles. The Balaban J connectivity index is 1.91. The van der Waals surface area contributed by atoms with E-state index in [0.29, 0.717) is 0 Å². The average Bonchev–Trinajstić information content (AvgIpc) is 2.38. The van der Waals surface area contributed by atoms with Crippen molar-refractivity contribution < 1.29 is 9.90 Å². The topological polar surface area (TPSA) is 37.3 Å². The van der Waals surface area contributed by atoms with Crippen molar-refractivity contribution in [2.45, 2.75) is 49.5 Å². The molecule has 1 aliphatic rings. The highest BCUT2D eigenvalue weighted by Crippen LogP contribution is 2.33. The van der Waals surface area contributed by atoms with Crippen molar-refractivity contribution in [2.24, 2.45) is 0 Å². The van der Waals surface area contributed by atoms with E-state index in [9.17, 15) is 9.90 Å². The predicted molar refractivity (Wildman–Crippen MR) is 75.2 cm³/mol. The van der Waals surface area contributed by atoms with Crippen molar-refractivity contribution in [2.75, 3.05) is 5.75 Å². The van der Waals surface area contributed by atoms with Crippen molar-refractivity contribution in [3.63, 3.8) is 0 Å². The Morgan fingerprint density at radius 1 is 1.22 bits per heavy atom. The molecular formula is C15H20O2S. The van der Waals surface area contributed by atoms with Gasteiger partial charge < -0.3 is 5.11 Å². The molecule has 1 fully saturated rings. The van der Waals surface area contributed by atoms with Crippen molar-refractivity contribution in [3.05, 3.63) is 29.8 Å². The summed E-state index contributed by atoms with van der Waals surface area (Å²) in [5.41, 5.74) is 0.262. The quantitative estimate of drug-likeness (QED) is 0.666. The molecule has 2 nitrogen and oxygen atoms in total. The zero-order valence-electron chi connectivity index (χ0n) is 10.8. The fraction of sp³-hybridized carbons (Fsp3) is 0.533. The second-order valence-corrected chi connectivity index (χ2v) is 6.20. The first-order chi connectivity index (χ1) is 8.59. The number of benzene rings is 1. The van der Waals surface area contributed by atoms with Crippen LogP contribution in [0.1, 0.15) is 49.4 Å². The summed E-state index contributed by atoms with van der Waals surface area (Å²) < 4.78 is 0. The lowest BCUT2D eigenvalue weighted by atomic mass is 9.86. The van der Waals surface area contributed by atoms with Crippen LogP contribution >= 0.6 is 11.8 Å². The number of carbonyl (C=O) groups excluding carboxylic acids is 1. The van der Waals surface area contributed by atoms with Crippen LogP contribution in [0.2, 0.25) is 0 Å². The second kappa shape index (κ2) is 5.89. The first-order valence-corrected chi connectivity index (χ1v) is 7.54. The van der Waals surface area contributed by atoms with E-state index in [1.54, 1.807) is 18.7 Å². The number of rotatable bonds is 4. The van der Waals surface area contributed by atoms with E-state index >= 15 is 0 Å². The summed E-state index contributed by atoms with van der Waals surface area (Å²) in [5.74, 6) is 0.851. The van der Waals surface area contributed by atoms with Crippen LogP contribution < -0.4 is 0 Å². The van der Waals surface area contributed by atoms with Crippen LogP contribution in [0.15, 0.2) is 29.2 Å². The monoisotopic (exact) mass is 264 g/mol. The van der Waals surface area contributed by atoms with E-state index in [0.717, 1.165) is 41.9 Å². The van der Waals surface area contributed by atoms with Gasteiger partial charge in [0.25, 0.3) is 0 Å². The van der Waals surface area contributed by atoms with Gasteiger partial charge in [-0.1, -0.05) is 31.4 Å². The van der Waals surface area contributed by atoms with Gasteiger partial charge in [-0.25, -0.2) is 0 Å². The molecular weight excluding hydrogens is 244 g/mol. The molecule has 0 amide bonds. The van der Waals surface area contributed by atoms with Crippen LogP contribution in [-0.4, -0.2) is 22.2 Å². The fourth-order valence-corrected chi connectivity index (χ4v) is 3.41. The third-order valence-corrected chi connectivity index (χ3v) is 4.84. The third-order valence-electron chi connectivity index (χ3n) is 3.55. The highest BCUT2D eigenvalue weighted by Gasteiger charge is 2.28. The molecule has 1 aromatic rings. The Kier molecular flexibility index (Phi) is 4.46. The number of hydrogen-bond donors (Lipinski definition) is 1. The number of Topliss-reactive ketones (excluding diaryl/α,β-unsaturated/α-hetero) is 1. The lowest BCUT2D eigenvalue weighted by Crippen LogP contribution is -2.33. The molecule has 0 saturated heterocycles. The Labute approximate surface area is 113 Å². The van der Waals surface area contributed by atoms with Gasteiger partial charge in [0, 0.05) is 16.2 Å². The zero-order chi connectivity index (χ0) is 13.0. The first-order valence-electron chi connectivity index (χ1n) is 6.55. The predicted octanol–water partition coefficient (Wildman–Crippen LogP) is 3.68. The molecule has 0 spiro atoms. The highest BCUT2D eigenvalue weighted by molar-refractivity contribution is 7.99. The molecule has 98 valence electrons. The van der Waals surface area contributed by atoms with E-state index in [-0.39, 0.29) is 5.78 Å². The average molecular weight is 264 g/mol. The van der Waals surface area contributed by atoms with E-state index < -0.39 is 5.60 Å². The van der Waals surface area contributed by atoms with Gasteiger partial charge in [0.1, 0.15) is 0 Å². The summed E-state index contributed by atoms with van der Waals surface area (Å²) in [6.07, 6.45) is 5.37. The van der Waals surface area contributed by atoms with Gasteiger partial charge in [-0.3, -0.25) is 4.79 Å². The van der Waals surface area contributed by atoms with Gasteiger partial charge in [-0.15, -0.1) is 11.8 Å². The second-order valence-electron chi connectivity index (χ2n) is 5.15. The lowest BCUT2D eigenvalue weighted by Gasteiger charge is -2.31. The molecule has 0 heterocycles. The maximum absolute atomic E-state index is 11.2. The Hall–Kier alpha value is -0.800. The van der Waals surface area contributed by atoms with E-state index in [1.807, 2.05) is 24.3 Å². The van der Waals surface area contributed by atoms with Gasteiger partial charge in [0.15, 0.2) is 5.78 Å². The molecule has 1 saturated carbocycles. The highest BCUT2D eigenvalue weighted by atomic mass is 32.2. The smallest absolute Gasteiger partial charge is 0.159 e. The molecule has 0 bridgehead atoms. The molecule has 0 aliphatic heterocycles. The summed E-state index contributed by atoms with van der Waals surface area (Å²) in [6, 6.07) is 7.65. The standard InChI is InChI=1S/C15H20O2S/c1-12(16)13-5-7-14(8-6-13)18-11-15(17)9-3-2-4-10-15/h5-8,17H,2-4,9-11H2,1H3. The van der Waals surface area contributed by atoms with Crippen LogP contribution in [0.5, 0.6) is 0 Å². The minimum atomic E-state index is -0.484. The van der Waals surface area contributed by atoms with Crippen LogP contribution in [-0.2, 0) is 0 Å². The van der Waals surface area contributed by atoms with Crippen LogP contribution in [0.25, 0.3) is 0 Å². The number of carbonyl (C=O) groups is 1. The summed E-state index contributed by atoms with van der Waals surface area (Å²) in [5, 5.41) is 10.4. The molecule has 0 aromatic heterocycles. The number of hydrogen-bond acceptors (Lipinski definition) is 3. The Bertz CT molecular complexity index is 405. The normalized spacial score (nSPS) is 18.6. The molecule has 3 heteroatoms. The summed E-state index contributed by atoms with van der Waals surface area (Å²) >= 11 is 1.68. The van der Waals surface area contributed by atoms with Gasteiger partial charge >= 0.3 is 0 Å². The SMILES string of the molecule is CC(=O)c1ccc(SCC2(O)CCCCC2)cc1. The molecule has 2 rings (SSSR count). The summed E-state index contributed by atoms with van der Waals surface area (Å²) in [4.78, 5) is 12.3. The van der Waals surface area contributed by atoms with Crippen molar-refractivity contribution in [1.29, 1.82) is 0 Å².